The summed E-state index contributed by atoms with van der Waals surface area (Å²) >= 11 is 0. The molecule has 11 heteroatoms. The summed E-state index contributed by atoms with van der Waals surface area (Å²) in [5, 5.41) is 9.90. The maximum Gasteiger partial charge on any atom is 0.423 e. The maximum atomic E-state index is 15.1. The van der Waals surface area contributed by atoms with E-state index in [1.807, 2.05) is 0 Å². The van der Waals surface area contributed by atoms with E-state index in [2.05, 4.69) is 16.1 Å². The van der Waals surface area contributed by atoms with Gasteiger partial charge < -0.3 is 14.6 Å². The molecular weight excluding hydrogens is 389 g/mol. The molecule has 27 heavy (non-hydrogen) atoms. The lowest BCUT2D eigenvalue weighted by Crippen LogP contribution is -2.81. The molecule has 1 saturated heterocycles. The van der Waals surface area contributed by atoms with Crippen LogP contribution in [0.2, 0.25) is 0 Å². The second-order valence-corrected chi connectivity index (χ2v) is 6.92. The lowest BCUT2D eigenvalue weighted by molar-refractivity contribution is -0.503. The Labute approximate surface area is 150 Å². The van der Waals surface area contributed by atoms with Crippen molar-refractivity contribution < 1.29 is 50.1 Å². The molecule has 0 aromatic heterocycles. The van der Waals surface area contributed by atoms with Crippen molar-refractivity contribution in [1.29, 1.82) is 0 Å². The first kappa shape index (κ1) is 21.9. The topological polar surface area (TPSA) is 55.8 Å². The number of rotatable bonds is 3. The van der Waals surface area contributed by atoms with Crippen molar-refractivity contribution in [1.82, 2.24) is 0 Å². The van der Waals surface area contributed by atoms with Crippen molar-refractivity contribution in [2.24, 2.45) is 5.92 Å². The Bertz CT molecular complexity index is 596. The number of esters is 1. The van der Waals surface area contributed by atoms with Crippen molar-refractivity contribution in [3.8, 4) is 0 Å². The zero-order valence-corrected chi connectivity index (χ0v) is 14.3. The molecule has 2 aliphatic rings. The summed E-state index contributed by atoms with van der Waals surface area (Å²) < 4.78 is 109. The molecule has 0 aromatic rings. The smallest absolute Gasteiger partial charge is 0.423 e. The standard InChI is InChI=1S/C16H19F7O4/c1-3-10(24)26-11-14(17,18)12(2,25)27-13(15(11,19)20,16(21,22)23)9-7-5-4-6-8-9/h3,9,11,25H,1,4-8H2,2H3. The highest BCUT2D eigenvalue weighted by Crippen LogP contribution is 2.62. The van der Waals surface area contributed by atoms with Gasteiger partial charge in [-0.2, -0.15) is 30.7 Å². The van der Waals surface area contributed by atoms with Gasteiger partial charge >= 0.3 is 24.0 Å². The molecule has 1 N–H and O–H groups in total. The molecule has 0 spiro atoms. The summed E-state index contributed by atoms with van der Waals surface area (Å²) in [7, 11) is 0. The van der Waals surface area contributed by atoms with Gasteiger partial charge in [-0.05, 0) is 19.8 Å². The van der Waals surface area contributed by atoms with E-state index in [4.69, 9.17) is 0 Å². The zero-order chi connectivity index (χ0) is 20.9. The number of hydrogen-bond acceptors (Lipinski definition) is 4. The molecule has 2 fully saturated rings. The molecule has 1 aliphatic carbocycles. The van der Waals surface area contributed by atoms with Gasteiger partial charge in [0, 0.05) is 12.0 Å². The Balaban J connectivity index is 2.71. The molecule has 156 valence electrons. The Morgan fingerprint density at radius 3 is 2.11 bits per heavy atom. The number of hydrogen-bond donors (Lipinski definition) is 1. The van der Waals surface area contributed by atoms with Crippen LogP contribution in [0.3, 0.4) is 0 Å². The zero-order valence-electron chi connectivity index (χ0n) is 14.3. The Morgan fingerprint density at radius 2 is 1.67 bits per heavy atom. The fraction of sp³-hybridized carbons (Fsp3) is 0.812. The second-order valence-electron chi connectivity index (χ2n) is 6.92. The molecule has 0 amide bonds. The normalized spacial score (nSPS) is 36.9. The molecule has 1 aliphatic heterocycles. The minimum absolute atomic E-state index is 0.139. The Kier molecular flexibility index (Phi) is 5.37. The summed E-state index contributed by atoms with van der Waals surface area (Å²) in [5.74, 6) is -18.1. The van der Waals surface area contributed by atoms with Gasteiger partial charge in [-0.3, -0.25) is 0 Å². The van der Waals surface area contributed by atoms with Gasteiger partial charge in [-0.15, -0.1) is 0 Å². The molecular formula is C16H19F7O4. The summed E-state index contributed by atoms with van der Waals surface area (Å²) in [4.78, 5) is 11.3. The number of alkyl halides is 7. The monoisotopic (exact) mass is 408 g/mol. The van der Waals surface area contributed by atoms with Crippen LogP contribution in [0, 0.1) is 5.92 Å². The summed E-state index contributed by atoms with van der Waals surface area (Å²) in [5.41, 5.74) is -4.45. The highest BCUT2D eigenvalue weighted by Gasteiger charge is 2.87. The van der Waals surface area contributed by atoms with Gasteiger partial charge in [0.15, 0.2) is 0 Å². The number of carbonyl (C=O) groups is 1. The van der Waals surface area contributed by atoms with Crippen LogP contribution >= 0.6 is 0 Å². The average Bonchev–Trinajstić information content (AvgIpc) is 2.55. The first-order valence-electron chi connectivity index (χ1n) is 8.23. The van der Waals surface area contributed by atoms with Crippen LogP contribution in [0.15, 0.2) is 12.7 Å². The molecule has 0 radical (unpaired) electrons. The van der Waals surface area contributed by atoms with Gasteiger partial charge in [0.2, 0.25) is 17.5 Å². The molecule has 0 aromatic carbocycles. The average molecular weight is 408 g/mol. The maximum absolute atomic E-state index is 15.1. The number of halogens is 7. The number of ether oxygens (including phenoxy) is 2. The fourth-order valence-electron chi connectivity index (χ4n) is 3.77. The van der Waals surface area contributed by atoms with Crippen LogP contribution < -0.4 is 0 Å². The Hall–Kier alpha value is -1.36. The molecule has 2 rings (SSSR count). The van der Waals surface area contributed by atoms with Crippen LogP contribution in [0.5, 0.6) is 0 Å². The third kappa shape index (κ3) is 3.12. The van der Waals surface area contributed by atoms with E-state index in [9.17, 15) is 31.9 Å². The highest BCUT2D eigenvalue weighted by molar-refractivity contribution is 5.81. The summed E-state index contributed by atoms with van der Waals surface area (Å²) in [6.45, 7) is 2.99. The minimum Gasteiger partial charge on any atom is -0.446 e. The van der Waals surface area contributed by atoms with Crippen molar-refractivity contribution in [3.05, 3.63) is 12.7 Å². The van der Waals surface area contributed by atoms with Crippen molar-refractivity contribution in [2.45, 2.75) is 74.5 Å². The lowest BCUT2D eigenvalue weighted by Gasteiger charge is -2.57. The molecule has 0 bridgehead atoms. The van der Waals surface area contributed by atoms with E-state index in [1.54, 1.807) is 0 Å². The van der Waals surface area contributed by atoms with E-state index < -0.39 is 47.4 Å². The van der Waals surface area contributed by atoms with Gasteiger partial charge in [0.25, 0.3) is 0 Å². The van der Waals surface area contributed by atoms with E-state index in [1.165, 1.54) is 0 Å². The largest absolute Gasteiger partial charge is 0.446 e. The predicted octanol–water partition coefficient (Wildman–Crippen LogP) is 3.97. The SMILES string of the molecule is C=CC(=O)OC1C(F)(F)C(C)(O)OC(C2CCCCC2)(C(F)(F)F)C1(F)F. The van der Waals surface area contributed by atoms with Crippen molar-refractivity contribution in [2.75, 3.05) is 0 Å². The van der Waals surface area contributed by atoms with Gasteiger partial charge in [-0.25, -0.2) is 4.79 Å². The number of carbonyl (C=O) groups excluding carboxylic acids is 1. The molecule has 1 saturated carbocycles. The van der Waals surface area contributed by atoms with Crippen molar-refractivity contribution >= 4 is 5.97 Å². The van der Waals surface area contributed by atoms with E-state index in [0.717, 1.165) is 0 Å². The van der Waals surface area contributed by atoms with E-state index >= 15 is 8.78 Å². The van der Waals surface area contributed by atoms with E-state index in [0.29, 0.717) is 6.42 Å². The van der Waals surface area contributed by atoms with Gasteiger partial charge in [-0.1, -0.05) is 25.8 Å². The van der Waals surface area contributed by atoms with Crippen LogP contribution in [-0.4, -0.2) is 46.6 Å². The van der Waals surface area contributed by atoms with Gasteiger partial charge in [0.05, 0.1) is 0 Å². The molecule has 1 heterocycles. The minimum atomic E-state index is -5.84. The third-order valence-electron chi connectivity index (χ3n) is 5.13. The van der Waals surface area contributed by atoms with Crippen LogP contribution in [0.25, 0.3) is 0 Å². The third-order valence-corrected chi connectivity index (χ3v) is 5.13. The van der Waals surface area contributed by atoms with Crippen LogP contribution in [-0.2, 0) is 14.3 Å². The molecule has 3 atom stereocenters. The number of aliphatic hydroxyl groups is 1. The Morgan fingerprint density at radius 1 is 1.15 bits per heavy atom. The van der Waals surface area contributed by atoms with Crippen LogP contribution in [0.1, 0.15) is 39.0 Å². The van der Waals surface area contributed by atoms with Crippen LogP contribution in [0.4, 0.5) is 30.7 Å². The quantitative estimate of drug-likeness (QED) is 0.436. The lowest BCUT2D eigenvalue weighted by atomic mass is 9.68. The first-order chi connectivity index (χ1) is 12.1. The fourth-order valence-corrected chi connectivity index (χ4v) is 3.77. The van der Waals surface area contributed by atoms with Gasteiger partial charge in [0.1, 0.15) is 0 Å². The second kappa shape index (κ2) is 6.61. The first-order valence-corrected chi connectivity index (χ1v) is 8.23. The summed E-state index contributed by atoms with van der Waals surface area (Å²) in [6, 6.07) is 0. The van der Waals surface area contributed by atoms with Crippen molar-refractivity contribution in [3.63, 3.8) is 0 Å². The summed E-state index contributed by atoms with van der Waals surface area (Å²) in [6.07, 6.45) is -9.45. The molecule has 4 nitrogen and oxygen atoms in total. The highest BCUT2D eigenvalue weighted by atomic mass is 19.4. The van der Waals surface area contributed by atoms with E-state index in [-0.39, 0.29) is 38.7 Å². The molecule has 3 unspecified atom stereocenters. The predicted molar refractivity (Wildman–Crippen MR) is 77.0 cm³/mol.